The van der Waals surface area contributed by atoms with E-state index in [4.69, 9.17) is 10.2 Å². The molecule has 0 amide bonds. The summed E-state index contributed by atoms with van der Waals surface area (Å²) in [7, 11) is 0. The zero-order valence-electron chi connectivity index (χ0n) is 11.7. The predicted molar refractivity (Wildman–Crippen MR) is 82.3 cm³/mol. The molecule has 0 heterocycles. The quantitative estimate of drug-likeness (QED) is 0.363. The Balaban J connectivity index is 2.76. The van der Waals surface area contributed by atoms with Crippen LogP contribution in [0.15, 0.2) is 12.1 Å². The number of aliphatic hydroxyl groups is 1. The van der Waals surface area contributed by atoms with Gasteiger partial charge in [-0.25, -0.2) is 4.79 Å². The lowest BCUT2D eigenvalue weighted by molar-refractivity contribution is -0.385. The molecule has 0 aliphatic heterocycles. The van der Waals surface area contributed by atoms with E-state index in [1.807, 2.05) is 0 Å². The van der Waals surface area contributed by atoms with Crippen LogP contribution in [0.1, 0.15) is 22.3 Å². The number of carboxylic acid groups (broad SMARTS) is 1. The van der Waals surface area contributed by atoms with Crippen LogP contribution in [0.5, 0.6) is 0 Å². The molecule has 0 bridgehead atoms. The van der Waals surface area contributed by atoms with E-state index in [2.05, 4.69) is 5.32 Å². The van der Waals surface area contributed by atoms with Crippen LogP contribution in [0.25, 0.3) is 0 Å². The summed E-state index contributed by atoms with van der Waals surface area (Å²) < 4.78 is 0. The van der Waals surface area contributed by atoms with E-state index >= 15 is 0 Å². The van der Waals surface area contributed by atoms with E-state index in [0.29, 0.717) is 17.8 Å². The second kappa shape index (κ2) is 8.48. The minimum atomic E-state index is -1.20. The second-order valence-corrected chi connectivity index (χ2v) is 5.57. The van der Waals surface area contributed by atoms with Gasteiger partial charge in [0, 0.05) is 36.2 Å². The van der Waals surface area contributed by atoms with Gasteiger partial charge in [0.2, 0.25) is 0 Å². The summed E-state index contributed by atoms with van der Waals surface area (Å²) in [5.74, 6) is 0.412. The van der Waals surface area contributed by atoms with Crippen molar-refractivity contribution in [3.05, 3.63) is 33.4 Å². The van der Waals surface area contributed by atoms with Crippen LogP contribution in [0.3, 0.4) is 0 Å². The fourth-order valence-corrected chi connectivity index (χ4v) is 2.51. The average Bonchev–Trinajstić information content (AvgIpc) is 2.43. The number of nitro benzene ring substituents is 1. The Hall–Kier alpha value is -1.80. The average molecular weight is 314 g/mol. The minimum Gasteiger partial charge on any atom is -0.478 e. The van der Waals surface area contributed by atoms with E-state index in [-0.39, 0.29) is 17.9 Å². The van der Waals surface area contributed by atoms with Gasteiger partial charge in [0.15, 0.2) is 0 Å². The number of nitrogens with zero attached hydrogens (tertiary/aromatic N) is 1. The molecule has 0 saturated carbocycles. The number of thioether (sulfide) groups is 1. The van der Waals surface area contributed by atoms with E-state index in [9.17, 15) is 14.9 Å². The fourth-order valence-electron chi connectivity index (χ4n) is 1.72. The zero-order chi connectivity index (χ0) is 15.8. The summed E-state index contributed by atoms with van der Waals surface area (Å²) >= 11 is 1.65. The highest BCUT2D eigenvalue weighted by molar-refractivity contribution is 7.99. The Bertz CT molecular complexity index is 522. The Morgan fingerprint density at radius 2 is 2.14 bits per heavy atom. The number of aliphatic hydroxyl groups excluding tert-OH is 1. The van der Waals surface area contributed by atoms with Crippen molar-refractivity contribution < 1.29 is 19.9 Å². The number of nitro groups is 1. The van der Waals surface area contributed by atoms with Crippen LogP contribution in [0.4, 0.5) is 11.4 Å². The molecule has 0 spiro atoms. The molecule has 7 nitrogen and oxygen atoms in total. The predicted octanol–water partition coefficient (Wildman–Crippen LogP) is 2.13. The molecular weight excluding hydrogens is 296 g/mol. The topological polar surface area (TPSA) is 113 Å². The van der Waals surface area contributed by atoms with Gasteiger partial charge in [-0.15, -0.1) is 0 Å². The summed E-state index contributed by atoms with van der Waals surface area (Å²) in [6.45, 7) is 2.31. The molecule has 0 aliphatic rings. The van der Waals surface area contributed by atoms with Crippen molar-refractivity contribution in [1.29, 1.82) is 0 Å². The normalized spacial score (nSPS) is 10.4. The molecule has 116 valence electrons. The maximum absolute atomic E-state index is 11.0. The van der Waals surface area contributed by atoms with Crippen molar-refractivity contribution in [1.82, 2.24) is 0 Å². The molecule has 0 aliphatic carbocycles. The number of carboxylic acids is 1. The molecule has 21 heavy (non-hydrogen) atoms. The molecular formula is C13H18N2O5S. The molecule has 3 N–H and O–H groups in total. The molecule has 0 fully saturated rings. The molecule has 0 radical (unpaired) electrons. The van der Waals surface area contributed by atoms with Crippen LogP contribution in [0, 0.1) is 17.0 Å². The lowest BCUT2D eigenvalue weighted by atomic mass is 10.1. The number of hydrogen-bond acceptors (Lipinski definition) is 6. The van der Waals surface area contributed by atoms with Crippen molar-refractivity contribution >= 4 is 29.1 Å². The zero-order valence-corrected chi connectivity index (χ0v) is 12.5. The van der Waals surface area contributed by atoms with Crippen molar-refractivity contribution in [2.45, 2.75) is 13.3 Å². The molecule has 0 aromatic heterocycles. The molecule has 0 saturated heterocycles. The summed E-state index contributed by atoms with van der Waals surface area (Å²) in [6.07, 6.45) is 0.726. The van der Waals surface area contributed by atoms with Gasteiger partial charge in [0.05, 0.1) is 10.5 Å². The number of aromatic carboxylic acids is 1. The standard InChI is InChI=1S/C13H18N2O5S/c1-9-11(14-3-6-21-5-2-4-16)7-10(13(17)18)8-12(9)15(19)20/h7-8,14,16H,2-6H2,1H3,(H,17,18). The molecule has 0 unspecified atom stereocenters. The van der Waals surface area contributed by atoms with Gasteiger partial charge >= 0.3 is 5.97 Å². The van der Waals surface area contributed by atoms with Crippen LogP contribution in [-0.4, -0.2) is 45.8 Å². The first-order valence-corrected chi connectivity index (χ1v) is 7.57. The Morgan fingerprint density at radius 1 is 1.43 bits per heavy atom. The monoisotopic (exact) mass is 314 g/mol. The van der Waals surface area contributed by atoms with E-state index < -0.39 is 10.9 Å². The van der Waals surface area contributed by atoms with Crippen molar-refractivity contribution in [3.63, 3.8) is 0 Å². The van der Waals surface area contributed by atoms with Crippen molar-refractivity contribution in [2.75, 3.05) is 30.0 Å². The summed E-state index contributed by atoms with van der Waals surface area (Å²) in [6, 6.07) is 2.47. The van der Waals surface area contributed by atoms with Gasteiger partial charge in [0.25, 0.3) is 5.69 Å². The van der Waals surface area contributed by atoms with E-state index in [1.54, 1.807) is 18.7 Å². The number of rotatable bonds is 9. The minimum absolute atomic E-state index is 0.109. The first-order chi connectivity index (χ1) is 9.97. The molecule has 1 aromatic carbocycles. The van der Waals surface area contributed by atoms with Crippen LogP contribution in [0.2, 0.25) is 0 Å². The lowest BCUT2D eigenvalue weighted by Crippen LogP contribution is -2.09. The first kappa shape index (κ1) is 17.3. The molecule has 1 aromatic rings. The Morgan fingerprint density at radius 3 is 2.71 bits per heavy atom. The van der Waals surface area contributed by atoms with E-state index in [1.165, 1.54) is 6.07 Å². The fraction of sp³-hybridized carbons (Fsp3) is 0.462. The highest BCUT2D eigenvalue weighted by atomic mass is 32.2. The van der Waals surface area contributed by atoms with Crippen LogP contribution >= 0.6 is 11.8 Å². The largest absolute Gasteiger partial charge is 0.478 e. The van der Waals surface area contributed by atoms with Gasteiger partial charge in [-0.05, 0) is 25.2 Å². The third kappa shape index (κ3) is 5.24. The summed E-state index contributed by atoms with van der Waals surface area (Å²) in [5.41, 5.74) is 0.572. The highest BCUT2D eigenvalue weighted by Gasteiger charge is 2.18. The molecule has 0 atom stereocenters. The lowest BCUT2D eigenvalue weighted by Gasteiger charge is -2.11. The second-order valence-electron chi connectivity index (χ2n) is 4.35. The number of benzene rings is 1. The molecule has 1 rings (SSSR count). The van der Waals surface area contributed by atoms with E-state index in [0.717, 1.165) is 24.0 Å². The summed E-state index contributed by atoms with van der Waals surface area (Å²) in [4.78, 5) is 21.4. The number of carbonyl (C=O) groups is 1. The molecule has 8 heteroatoms. The Labute approximate surface area is 126 Å². The number of hydrogen-bond donors (Lipinski definition) is 3. The highest BCUT2D eigenvalue weighted by Crippen LogP contribution is 2.27. The van der Waals surface area contributed by atoms with Gasteiger partial charge in [-0.3, -0.25) is 10.1 Å². The first-order valence-electron chi connectivity index (χ1n) is 6.42. The number of nitrogens with one attached hydrogen (secondary N) is 1. The Kier molecular flexibility index (Phi) is 6.97. The van der Waals surface area contributed by atoms with Crippen LogP contribution < -0.4 is 5.32 Å². The SMILES string of the molecule is Cc1c(NCCSCCCO)cc(C(=O)O)cc1[N+](=O)[O-]. The van der Waals surface area contributed by atoms with Crippen molar-refractivity contribution in [3.8, 4) is 0 Å². The third-order valence-electron chi connectivity index (χ3n) is 2.83. The maximum atomic E-state index is 11.0. The van der Waals surface area contributed by atoms with Crippen molar-refractivity contribution in [2.24, 2.45) is 0 Å². The number of anilines is 1. The van der Waals surface area contributed by atoms with Crippen LogP contribution in [-0.2, 0) is 0 Å². The van der Waals surface area contributed by atoms with Gasteiger partial charge < -0.3 is 15.5 Å². The maximum Gasteiger partial charge on any atom is 0.336 e. The van der Waals surface area contributed by atoms with Gasteiger partial charge in [-0.1, -0.05) is 0 Å². The van der Waals surface area contributed by atoms with Gasteiger partial charge in [-0.2, -0.15) is 11.8 Å². The summed E-state index contributed by atoms with van der Waals surface area (Å²) in [5, 5.41) is 31.6. The third-order valence-corrected chi connectivity index (χ3v) is 3.90. The van der Waals surface area contributed by atoms with Gasteiger partial charge in [0.1, 0.15) is 0 Å². The smallest absolute Gasteiger partial charge is 0.336 e.